The lowest BCUT2D eigenvalue weighted by atomic mass is 10.2. The highest BCUT2D eigenvalue weighted by Gasteiger charge is 2.29. The summed E-state index contributed by atoms with van der Waals surface area (Å²) in [6, 6.07) is 9.57. The second-order valence-electron chi connectivity index (χ2n) is 5.45. The summed E-state index contributed by atoms with van der Waals surface area (Å²) in [5, 5.41) is 0. The highest BCUT2D eigenvalue weighted by molar-refractivity contribution is 9.10. The molecular formula is C17H15BrF3NO3S2. The molecule has 1 amide bonds. The zero-order valence-corrected chi connectivity index (χ0v) is 17.5. The van der Waals surface area contributed by atoms with Gasteiger partial charge in [-0.3, -0.25) is 4.79 Å². The number of rotatable bonds is 5. The number of anilines is 1. The van der Waals surface area contributed by atoms with E-state index in [9.17, 15) is 26.4 Å². The molecule has 0 bridgehead atoms. The molecule has 0 atom stereocenters. The van der Waals surface area contributed by atoms with E-state index in [-0.39, 0.29) is 32.9 Å². The lowest BCUT2D eigenvalue weighted by Crippen LogP contribution is -2.28. The van der Waals surface area contributed by atoms with Crippen molar-refractivity contribution in [1.82, 2.24) is 0 Å². The fourth-order valence-corrected chi connectivity index (χ4v) is 4.41. The van der Waals surface area contributed by atoms with E-state index in [0.717, 1.165) is 0 Å². The number of carbonyl (C=O) groups excluding carboxylic acids is 1. The van der Waals surface area contributed by atoms with Crippen LogP contribution in [0.1, 0.15) is 17.3 Å². The smallest absolute Gasteiger partial charge is 0.311 e. The third-order valence-electron chi connectivity index (χ3n) is 3.65. The fraction of sp³-hybridized carbons (Fsp3) is 0.235. The van der Waals surface area contributed by atoms with E-state index in [0.29, 0.717) is 10.2 Å². The molecule has 0 unspecified atom stereocenters. The predicted molar refractivity (Wildman–Crippen MR) is 103 cm³/mol. The molecule has 10 heteroatoms. The number of hydrogen-bond donors (Lipinski definition) is 0. The van der Waals surface area contributed by atoms with Crippen LogP contribution in [-0.4, -0.2) is 32.6 Å². The van der Waals surface area contributed by atoms with Crippen molar-refractivity contribution >= 4 is 49.1 Å². The summed E-state index contributed by atoms with van der Waals surface area (Å²) in [7, 11) is -2.22. The van der Waals surface area contributed by atoms with E-state index in [4.69, 9.17) is 0 Å². The van der Waals surface area contributed by atoms with Crippen molar-refractivity contribution in [2.45, 2.75) is 22.2 Å². The Morgan fingerprint density at radius 3 is 2.26 bits per heavy atom. The normalized spacial score (nSPS) is 12.1. The fourth-order valence-electron chi connectivity index (χ4n) is 2.26. The minimum absolute atomic E-state index is 0.00343. The Balaban J connectivity index is 2.36. The van der Waals surface area contributed by atoms with Crippen molar-refractivity contribution in [2.24, 2.45) is 0 Å². The van der Waals surface area contributed by atoms with Crippen LogP contribution in [0, 0.1) is 0 Å². The van der Waals surface area contributed by atoms with Crippen molar-refractivity contribution < 1.29 is 26.4 Å². The second-order valence-corrected chi connectivity index (χ2v) is 9.75. The molecule has 4 nitrogen and oxygen atoms in total. The minimum atomic E-state index is -4.40. The van der Waals surface area contributed by atoms with Crippen molar-refractivity contribution in [3.63, 3.8) is 0 Å². The minimum Gasteiger partial charge on any atom is -0.311 e. The average molecular weight is 482 g/mol. The molecule has 27 heavy (non-hydrogen) atoms. The van der Waals surface area contributed by atoms with Gasteiger partial charge in [0.25, 0.3) is 5.91 Å². The van der Waals surface area contributed by atoms with E-state index in [1.165, 1.54) is 55.3 Å². The largest absolute Gasteiger partial charge is 0.446 e. The lowest BCUT2D eigenvalue weighted by Gasteiger charge is -2.20. The SMILES string of the molecule is CCS(=O)(=O)c1cc(Br)ccc1C(=O)N(C)c1ccc(SC(F)(F)F)cc1. The summed E-state index contributed by atoms with van der Waals surface area (Å²) < 4.78 is 62.4. The summed E-state index contributed by atoms with van der Waals surface area (Å²) in [5.41, 5.74) is -4.06. The molecule has 2 aromatic carbocycles. The number of thioether (sulfide) groups is 1. The second kappa shape index (κ2) is 8.24. The molecule has 0 aromatic heterocycles. The van der Waals surface area contributed by atoms with Gasteiger partial charge in [-0.1, -0.05) is 22.9 Å². The first-order valence-corrected chi connectivity index (χ1v) is 10.9. The van der Waals surface area contributed by atoms with E-state index >= 15 is 0 Å². The number of benzene rings is 2. The van der Waals surface area contributed by atoms with Crippen molar-refractivity contribution in [2.75, 3.05) is 17.7 Å². The Kier molecular flexibility index (Phi) is 6.64. The molecule has 146 valence electrons. The average Bonchev–Trinajstić information content (AvgIpc) is 2.59. The van der Waals surface area contributed by atoms with Gasteiger partial charge in [0.05, 0.1) is 16.2 Å². The lowest BCUT2D eigenvalue weighted by molar-refractivity contribution is -0.0328. The van der Waals surface area contributed by atoms with E-state index in [1.807, 2.05) is 0 Å². The predicted octanol–water partition coefficient (Wildman–Crippen LogP) is 5.13. The molecule has 2 rings (SSSR count). The first-order valence-electron chi connectivity index (χ1n) is 7.61. The zero-order chi connectivity index (χ0) is 20.4. The van der Waals surface area contributed by atoms with Gasteiger partial charge >= 0.3 is 5.51 Å². The van der Waals surface area contributed by atoms with Crippen LogP contribution < -0.4 is 4.90 Å². The van der Waals surface area contributed by atoms with Gasteiger partial charge in [0.15, 0.2) is 9.84 Å². The van der Waals surface area contributed by atoms with Gasteiger partial charge in [-0.05, 0) is 54.2 Å². The number of nitrogens with zero attached hydrogens (tertiary/aromatic N) is 1. The van der Waals surface area contributed by atoms with Crippen molar-refractivity contribution in [1.29, 1.82) is 0 Å². The van der Waals surface area contributed by atoms with Crippen LogP contribution in [0.15, 0.2) is 56.7 Å². The standard InChI is InChI=1S/C17H15BrF3NO3S2/c1-3-27(24,25)15-10-11(18)4-9-14(15)16(23)22(2)12-5-7-13(8-6-12)26-17(19,20)21/h4-10H,3H2,1-2H3. The van der Waals surface area contributed by atoms with Crippen LogP contribution in [0.25, 0.3) is 0 Å². The number of alkyl halides is 3. The van der Waals surface area contributed by atoms with Crippen LogP contribution in [0.3, 0.4) is 0 Å². The highest BCUT2D eigenvalue weighted by Crippen LogP contribution is 2.37. The maximum Gasteiger partial charge on any atom is 0.446 e. The molecule has 0 N–H and O–H groups in total. The van der Waals surface area contributed by atoms with E-state index in [1.54, 1.807) is 6.07 Å². The quantitative estimate of drug-likeness (QED) is 0.555. The molecule has 2 aromatic rings. The van der Waals surface area contributed by atoms with Gasteiger partial charge in [0.2, 0.25) is 0 Å². The Labute approximate surface area is 167 Å². The number of sulfone groups is 1. The molecule has 0 spiro atoms. The van der Waals surface area contributed by atoms with Gasteiger partial charge in [-0.15, -0.1) is 0 Å². The Morgan fingerprint density at radius 1 is 1.15 bits per heavy atom. The van der Waals surface area contributed by atoms with Crippen molar-refractivity contribution in [3.05, 3.63) is 52.5 Å². The Bertz CT molecular complexity index is 945. The molecule has 0 fully saturated rings. The van der Waals surface area contributed by atoms with Crippen LogP contribution in [0.5, 0.6) is 0 Å². The Hall–Kier alpha value is -1.52. The number of hydrogen-bond acceptors (Lipinski definition) is 4. The maximum absolute atomic E-state index is 12.8. The number of amides is 1. The number of carbonyl (C=O) groups is 1. The molecule has 0 saturated heterocycles. The van der Waals surface area contributed by atoms with Gasteiger partial charge in [-0.2, -0.15) is 13.2 Å². The Morgan fingerprint density at radius 2 is 1.74 bits per heavy atom. The summed E-state index contributed by atoms with van der Waals surface area (Å²) in [6.45, 7) is 1.48. The first kappa shape index (κ1) is 21.8. The van der Waals surface area contributed by atoms with E-state index < -0.39 is 21.3 Å². The van der Waals surface area contributed by atoms with E-state index in [2.05, 4.69) is 15.9 Å². The summed E-state index contributed by atoms with van der Waals surface area (Å²) in [6.07, 6.45) is 0. The van der Waals surface area contributed by atoms with Gasteiger partial charge < -0.3 is 4.90 Å². The van der Waals surface area contributed by atoms with Crippen LogP contribution >= 0.6 is 27.7 Å². The van der Waals surface area contributed by atoms with Gasteiger partial charge in [0.1, 0.15) is 0 Å². The summed E-state index contributed by atoms with van der Waals surface area (Å²) >= 11 is 2.95. The highest BCUT2D eigenvalue weighted by atomic mass is 79.9. The number of halogens is 4. The first-order chi connectivity index (χ1) is 12.4. The monoisotopic (exact) mass is 481 g/mol. The molecule has 0 heterocycles. The molecule has 0 saturated carbocycles. The molecule has 0 radical (unpaired) electrons. The molecule has 0 aliphatic rings. The molecule has 0 aliphatic heterocycles. The summed E-state index contributed by atoms with van der Waals surface area (Å²) in [4.78, 5) is 13.9. The molecule has 0 aliphatic carbocycles. The topological polar surface area (TPSA) is 54.5 Å². The summed E-state index contributed by atoms with van der Waals surface area (Å²) in [5.74, 6) is -0.748. The zero-order valence-electron chi connectivity index (χ0n) is 14.2. The van der Waals surface area contributed by atoms with Gasteiger partial charge in [0, 0.05) is 22.1 Å². The van der Waals surface area contributed by atoms with Gasteiger partial charge in [-0.25, -0.2) is 8.42 Å². The third kappa shape index (κ3) is 5.49. The third-order valence-corrected chi connectivity index (χ3v) is 6.65. The maximum atomic E-state index is 12.8. The van der Waals surface area contributed by atoms with Crippen LogP contribution in [-0.2, 0) is 9.84 Å². The molecular weight excluding hydrogens is 467 g/mol. The van der Waals surface area contributed by atoms with Crippen LogP contribution in [0.4, 0.5) is 18.9 Å². The van der Waals surface area contributed by atoms with Crippen molar-refractivity contribution in [3.8, 4) is 0 Å². The van der Waals surface area contributed by atoms with Crippen LogP contribution in [0.2, 0.25) is 0 Å².